The summed E-state index contributed by atoms with van der Waals surface area (Å²) >= 11 is 0. The van der Waals surface area contributed by atoms with Crippen molar-refractivity contribution in [1.82, 2.24) is 9.62 Å². The van der Waals surface area contributed by atoms with Crippen molar-refractivity contribution >= 4 is 10.0 Å². The first kappa shape index (κ1) is 15.0. The Morgan fingerprint density at radius 3 is 2.61 bits per heavy atom. The van der Waals surface area contributed by atoms with E-state index in [0.717, 1.165) is 6.07 Å². The first-order valence-electron chi connectivity index (χ1n) is 5.49. The highest BCUT2D eigenvalue weighted by Crippen LogP contribution is 2.15. The fourth-order valence-corrected chi connectivity index (χ4v) is 2.51. The fraction of sp³-hybridized carbons (Fsp3) is 0.455. The summed E-state index contributed by atoms with van der Waals surface area (Å²) in [7, 11) is -0.180. The third-order valence-electron chi connectivity index (χ3n) is 2.37. The zero-order valence-corrected chi connectivity index (χ0v) is 11.3. The predicted octanol–water partition coefficient (Wildman–Crippen LogP) is 0.124. The summed E-state index contributed by atoms with van der Waals surface area (Å²) in [6.45, 7) is 0.930. The van der Waals surface area contributed by atoms with Crippen molar-refractivity contribution in [2.45, 2.75) is 11.4 Å². The van der Waals surface area contributed by atoms with Crippen LogP contribution in [0.4, 0.5) is 4.39 Å². The van der Waals surface area contributed by atoms with Crippen molar-refractivity contribution in [3.63, 3.8) is 0 Å². The van der Waals surface area contributed by atoms with Crippen LogP contribution in [-0.4, -0.2) is 40.5 Å². The number of nitrogens with two attached hydrogens (primary N) is 1. The molecule has 5 nitrogen and oxygen atoms in total. The molecule has 0 saturated heterocycles. The van der Waals surface area contributed by atoms with Gasteiger partial charge in [-0.15, -0.1) is 0 Å². The molecule has 102 valence electrons. The van der Waals surface area contributed by atoms with Crippen molar-refractivity contribution in [2.24, 2.45) is 5.73 Å². The lowest BCUT2D eigenvalue weighted by Crippen LogP contribution is -2.32. The van der Waals surface area contributed by atoms with Crippen molar-refractivity contribution in [3.05, 3.63) is 29.6 Å². The van der Waals surface area contributed by atoms with Gasteiger partial charge < -0.3 is 10.6 Å². The maximum atomic E-state index is 13.5. The Kier molecular flexibility index (Phi) is 5.21. The van der Waals surface area contributed by atoms with Gasteiger partial charge in [-0.1, -0.05) is 6.07 Å². The number of nitrogens with zero attached hydrogens (tertiary/aromatic N) is 1. The minimum absolute atomic E-state index is 0.167. The minimum atomic E-state index is -3.83. The Labute approximate surface area is 107 Å². The molecule has 18 heavy (non-hydrogen) atoms. The highest BCUT2D eigenvalue weighted by atomic mass is 32.2. The molecule has 0 amide bonds. The van der Waals surface area contributed by atoms with Gasteiger partial charge in [0.25, 0.3) is 0 Å². The van der Waals surface area contributed by atoms with Crippen LogP contribution in [0.1, 0.15) is 5.56 Å². The molecule has 0 aliphatic rings. The van der Waals surface area contributed by atoms with Crippen molar-refractivity contribution in [3.8, 4) is 0 Å². The molecule has 0 heterocycles. The van der Waals surface area contributed by atoms with E-state index >= 15 is 0 Å². The third-order valence-corrected chi connectivity index (χ3v) is 3.85. The number of halogens is 1. The number of likely N-dealkylation sites (N-methyl/N-ethyl adjacent to an activating group) is 1. The van der Waals surface area contributed by atoms with Gasteiger partial charge in [-0.25, -0.2) is 17.5 Å². The number of hydrogen-bond donors (Lipinski definition) is 2. The lowest BCUT2D eigenvalue weighted by Gasteiger charge is -2.12. The van der Waals surface area contributed by atoms with Crippen LogP contribution in [-0.2, 0) is 16.6 Å². The Morgan fingerprint density at radius 1 is 1.39 bits per heavy atom. The average molecular weight is 275 g/mol. The molecular weight excluding hydrogens is 257 g/mol. The largest absolute Gasteiger partial charge is 0.326 e. The highest BCUT2D eigenvalue weighted by Gasteiger charge is 2.18. The summed E-state index contributed by atoms with van der Waals surface area (Å²) in [6, 6.07) is 3.84. The summed E-state index contributed by atoms with van der Waals surface area (Å²) < 4.78 is 39.6. The second-order valence-electron chi connectivity index (χ2n) is 4.17. The molecule has 1 rings (SSSR count). The Balaban J connectivity index is 2.90. The predicted molar refractivity (Wildman–Crippen MR) is 68.0 cm³/mol. The van der Waals surface area contributed by atoms with Crippen molar-refractivity contribution in [2.75, 3.05) is 27.2 Å². The number of benzene rings is 1. The fourth-order valence-electron chi connectivity index (χ4n) is 1.36. The van der Waals surface area contributed by atoms with Gasteiger partial charge in [0.1, 0.15) is 10.7 Å². The number of rotatable bonds is 6. The van der Waals surface area contributed by atoms with E-state index in [2.05, 4.69) is 4.72 Å². The molecule has 0 unspecified atom stereocenters. The van der Waals surface area contributed by atoms with Crippen LogP contribution in [0.15, 0.2) is 23.1 Å². The van der Waals surface area contributed by atoms with Crippen LogP contribution in [0.3, 0.4) is 0 Å². The summed E-state index contributed by atoms with van der Waals surface area (Å²) in [6.07, 6.45) is 0. The minimum Gasteiger partial charge on any atom is -0.326 e. The molecular formula is C11H18FN3O2S. The topological polar surface area (TPSA) is 75.4 Å². The van der Waals surface area contributed by atoms with Gasteiger partial charge in [-0.2, -0.15) is 0 Å². The Morgan fingerprint density at radius 2 is 2.06 bits per heavy atom. The average Bonchev–Trinajstić information content (AvgIpc) is 2.28. The molecule has 0 saturated carbocycles. The van der Waals surface area contributed by atoms with E-state index in [1.807, 2.05) is 19.0 Å². The molecule has 7 heteroatoms. The quantitative estimate of drug-likeness (QED) is 0.773. The summed E-state index contributed by atoms with van der Waals surface area (Å²) in [5.41, 5.74) is 5.98. The van der Waals surface area contributed by atoms with Crippen LogP contribution < -0.4 is 10.5 Å². The van der Waals surface area contributed by atoms with E-state index in [1.165, 1.54) is 12.1 Å². The smallest absolute Gasteiger partial charge is 0.243 e. The molecule has 0 radical (unpaired) electrons. The molecule has 3 N–H and O–H groups in total. The maximum absolute atomic E-state index is 13.5. The Bertz CT molecular complexity index is 503. The molecule has 1 aromatic rings. The first-order valence-corrected chi connectivity index (χ1v) is 6.98. The van der Waals surface area contributed by atoms with E-state index in [1.54, 1.807) is 0 Å². The Hall–Kier alpha value is -1.02. The molecule has 0 bridgehead atoms. The van der Waals surface area contributed by atoms with E-state index in [4.69, 9.17) is 5.73 Å². The standard InChI is InChI=1S/C11H18FN3O2S/c1-15(2)6-5-14-18(16,17)11-7-9(8-13)3-4-10(11)12/h3-4,7,14H,5-6,8,13H2,1-2H3. The molecule has 0 aliphatic carbocycles. The van der Waals surface area contributed by atoms with E-state index in [0.29, 0.717) is 12.1 Å². The second kappa shape index (κ2) is 6.24. The van der Waals surface area contributed by atoms with Gasteiger partial charge >= 0.3 is 0 Å². The summed E-state index contributed by atoms with van der Waals surface area (Å²) in [5, 5.41) is 0. The second-order valence-corrected chi connectivity index (χ2v) is 5.91. The van der Waals surface area contributed by atoms with E-state index in [9.17, 15) is 12.8 Å². The number of hydrogen-bond acceptors (Lipinski definition) is 4. The third kappa shape index (κ3) is 4.02. The van der Waals surface area contributed by atoms with Gasteiger partial charge in [-0.3, -0.25) is 0 Å². The van der Waals surface area contributed by atoms with Gasteiger partial charge in [0, 0.05) is 19.6 Å². The molecule has 0 atom stereocenters. The van der Waals surface area contributed by atoms with Gasteiger partial charge in [0.2, 0.25) is 10.0 Å². The monoisotopic (exact) mass is 275 g/mol. The number of sulfonamides is 1. The zero-order chi connectivity index (χ0) is 13.8. The number of nitrogens with one attached hydrogen (secondary N) is 1. The van der Waals surface area contributed by atoms with Crippen LogP contribution in [0.2, 0.25) is 0 Å². The normalized spacial score (nSPS) is 12.1. The molecule has 0 fully saturated rings. The van der Waals surface area contributed by atoms with Crippen LogP contribution in [0.25, 0.3) is 0 Å². The molecule has 1 aromatic carbocycles. The van der Waals surface area contributed by atoms with Gasteiger partial charge in [-0.05, 0) is 31.8 Å². The van der Waals surface area contributed by atoms with E-state index in [-0.39, 0.29) is 18.0 Å². The lowest BCUT2D eigenvalue weighted by atomic mass is 10.2. The van der Waals surface area contributed by atoms with Crippen LogP contribution in [0.5, 0.6) is 0 Å². The van der Waals surface area contributed by atoms with Crippen LogP contribution >= 0.6 is 0 Å². The first-order chi connectivity index (χ1) is 8.36. The molecule has 0 aromatic heterocycles. The van der Waals surface area contributed by atoms with Gasteiger partial charge in [0.15, 0.2) is 0 Å². The van der Waals surface area contributed by atoms with Crippen LogP contribution in [0, 0.1) is 5.82 Å². The van der Waals surface area contributed by atoms with Gasteiger partial charge in [0.05, 0.1) is 0 Å². The maximum Gasteiger partial charge on any atom is 0.243 e. The lowest BCUT2D eigenvalue weighted by molar-refractivity contribution is 0.412. The summed E-state index contributed by atoms with van der Waals surface area (Å²) in [5.74, 6) is -0.774. The molecule has 0 aliphatic heterocycles. The molecule has 0 spiro atoms. The highest BCUT2D eigenvalue weighted by molar-refractivity contribution is 7.89. The van der Waals surface area contributed by atoms with Crippen molar-refractivity contribution < 1.29 is 12.8 Å². The summed E-state index contributed by atoms with van der Waals surface area (Å²) in [4.78, 5) is 1.47. The zero-order valence-electron chi connectivity index (χ0n) is 10.5. The SMILES string of the molecule is CN(C)CCNS(=O)(=O)c1cc(CN)ccc1F. The van der Waals surface area contributed by atoms with Crippen molar-refractivity contribution in [1.29, 1.82) is 0 Å². The van der Waals surface area contributed by atoms with E-state index < -0.39 is 15.8 Å².